The fourth-order valence-corrected chi connectivity index (χ4v) is 8.83. The van der Waals surface area contributed by atoms with Crippen LogP contribution >= 0.6 is 11.6 Å². The lowest BCUT2D eigenvalue weighted by Gasteiger charge is -2.40. The van der Waals surface area contributed by atoms with E-state index in [9.17, 15) is 4.79 Å². The Morgan fingerprint density at radius 1 is 1.02 bits per heavy atom. The summed E-state index contributed by atoms with van der Waals surface area (Å²) in [5.41, 5.74) is 8.71. The summed E-state index contributed by atoms with van der Waals surface area (Å²) >= 11 is 6.26. The Morgan fingerprint density at radius 3 is 2.50 bits per heavy atom. The van der Waals surface area contributed by atoms with Gasteiger partial charge in [-0.2, -0.15) is 4.98 Å². The molecule has 2 aliphatic heterocycles. The highest BCUT2D eigenvalue weighted by Gasteiger charge is 2.32. The number of fused-ring (bicyclic) bond motifs is 2. The van der Waals surface area contributed by atoms with Gasteiger partial charge in [-0.3, -0.25) is 4.90 Å². The SMILES string of the molecule is COC(=O)c1ccc(N2CCN(CC3=C(c4ccc(Cl)cc4)CC(C)(C)CC3)CC2)cc1N1C[C@@H](C)Oc2nc3c(ccn3COCC[Si](C)(C)C)cc21. The van der Waals surface area contributed by atoms with E-state index < -0.39 is 8.07 Å². The van der Waals surface area contributed by atoms with E-state index >= 15 is 0 Å². The summed E-state index contributed by atoms with van der Waals surface area (Å²) in [6, 6.07) is 19.8. The molecule has 0 spiro atoms. The van der Waals surface area contributed by atoms with Gasteiger partial charge in [0.25, 0.3) is 0 Å². The predicted molar refractivity (Wildman–Crippen MR) is 223 cm³/mol. The van der Waals surface area contributed by atoms with Gasteiger partial charge in [0.15, 0.2) is 0 Å². The number of hydrogen-bond acceptors (Lipinski definition) is 8. The number of carbonyl (C=O) groups is 1. The minimum atomic E-state index is -1.18. The minimum absolute atomic E-state index is 0.144. The minimum Gasteiger partial charge on any atom is -0.471 e. The molecule has 4 heterocycles. The van der Waals surface area contributed by atoms with Gasteiger partial charge in [-0.1, -0.05) is 62.8 Å². The van der Waals surface area contributed by atoms with Crippen LogP contribution in [0.4, 0.5) is 17.1 Å². The molecule has 9 nitrogen and oxygen atoms in total. The van der Waals surface area contributed by atoms with Crippen LogP contribution in [0, 0.1) is 5.41 Å². The number of rotatable bonds is 11. The molecule has 54 heavy (non-hydrogen) atoms. The van der Waals surface area contributed by atoms with Crippen LogP contribution in [-0.4, -0.2) is 87.6 Å². The van der Waals surface area contributed by atoms with Gasteiger partial charge in [0.05, 0.1) is 24.9 Å². The van der Waals surface area contributed by atoms with Gasteiger partial charge in [0.1, 0.15) is 24.2 Å². The van der Waals surface area contributed by atoms with Gasteiger partial charge in [0.2, 0.25) is 5.88 Å². The largest absolute Gasteiger partial charge is 0.471 e. The van der Waals surface area contributed by atoms with Gasteiger partial charge < -0.3 is 28.6 Å². The number of allylic oxidation sites excluding steroid dienone is 1. The number of esters is 1. The van der Waals surface area contributed by atoms with Gasteiger partial charge in [-0.05, 0) is 91.2 Å². The van der Waals surface area contributed by atoms with Crippen molar-refractivity contribution in [3.8, 4) is 5.88 Å². The van der Waals surface area contributed by atoms with Crippen molar-refractivity contribution in [2.24, 2.45) is 5.41 Å². The maximum absolute atomic E-state index is 13.2. The van der Waals surface area contributed by atoms with Crippen LogP contribution in [0.15, 0.2) is 66.4 Å². The average molecular weight is 770 g/mol. The molecule has 0 saturated carbocycles. The number of nitrogens with zero attached hydrogens (tertiary/aromatic N) is 5. The first kappa shape index (κ1) is 38.4. The zero-order valence-electron chi connectivity index (χ0n) is 33.1. The highest BCUT2D eigenvalue weighted by atomic mass is 35.5. The topological polar surface area (TPSA) is 72.3 Å². The molecule has 7 rings (SSSR count). The molecule has 0 unspecified atom stereocenters. The number of methoxy groups -OCH3 is 1. The molecule has 1 saturated heterocycles. The van der Waals surface area contributed by atoms with E-state index in [4.69, 9.17) is 30.8 Å². The lowest BCUT2D eigenvalue weighted by atomic mass is 9.72. The summed E-state index contributed by atoms with van der Waals surface area (Å²) in [6.07, 6.45) is 5.30. The number of hydrogen-bond donors (Lipinski definition) is 0. The van der Waals surface area contributed by atoms with Gasteiger partial charge in [-0.25, -0.2) is 4.79 Å². The van der Waals surface area contributed by atoms with Crippen molar-refractivity contribution < 1.29 is 19.0 Å². The molecule has 3 aliphatic rings. The van der Waals surface area contributed by atoms with Crippen molar-refractivity contribution in [1.82, 2.24) is 14.5 Å². The fourth-order valence-electron chi connectivity index (χ4n) is 7.94. The summed E-state index contributed by atoms with van der Waals surface area (Å²) in [5, 5.41) is 1.77. The van der Waals surface area contributed by atoms with Crippen molar-refractivity contribution in [3.63, 3.8) is 0 Å². The third-order valence-electron chi connectivity index (χ3n) is 11.2. The Balaban J connectivity index is 1.11. The number of benzene rings is 2. The standard InChI is InChI=1S/C43H56ClN5O4Si/c1-30-27-49(39-24-32-15-17-48(40(32)45-41(39)53-30)29-52-22-23-54(5,6)7)38-25-35(12-13-36(38)42(50)51-4)47-20-18-46(19-21-47)28-33-14-16-43(2,3)26-37(33)31-8-10-34(44)11-9-31/h8-13,15,17,24-25,30H,14,16,18-23,26-29H2,1-7H3/t30-/m1/s1. The molecule has 4 aromatic rings. The average Bonchev–Trinajstić information content (AvgIpc) is 3.54. The highest BCUT2D eigenvalue weighted by molar-refractivity contribution is 6.76. The Hall–Kier alpha value is -3.83. The zero-order valence-corrected chi connectivity index (χ0v) is 34.8. The van der Waals surface area contributed by atoms with Gasteiger partial charge in [-0.15, -0.1) is 0 Å². The molecule has 2 aromatic heterocycles. The second-order valence-electron chi connectivity index (χ2n) is 17.3. The number of halogens is 1. The molecule has 0 amide bonds. The fraction of sp³-hybridized carbons (Fsp3) is 0.488. The number of piperazine rings is 1. The second kappa shape index (κ2) is 15.7. The van der Waals surface area contributed by atoms with Crippen LogP contribution < -0.4 is 14.5 Å². The van der Waals surface area contributed by atoms with Crippen molar-refractivity contribution in [1.29, 1.82) is 0 Å². The van der Waals surface area contributed by atoms with E-state index in [0.29, 0.717) is 30.1 Å². The zero-order chi connectivity index (χ0) is 38.2. The smallest absolute Gasteiger partial charge is 0.339 e. The van der Waals surface area contributed by atoms with E-state index in [1.54, 1.807) is 5.57 Å². The first-order valence-corrected chi connectivity index (χ1v) is 23.5. The van der Waals surface area contributed by atoms with Crippen LogP contribution in [0.25, 0.3) is 16.6 Å². The lowest BCUT2D eigenvalue weighted by molar-refractivity contribution is 0.0601. The summed E-state index contributed by atoms with van der Waals surface area (Å²) in [4.78, 5) is 25.5. The molecule has 1 atom stereocenters. The van der Waals surface area contributed by atoms with Gasteiger partial charge >= 0.3 is 5.97 Å². The Kier molecular flexibility index (Phi) is 11.2. The molecule has 0 radical (unpaired) electrons. The maximum Gasteiger partial charge on any atom is 0.339 e. The summed E-state index contributed by atoms with van der Waals surface area (Å²) in [7, 11) is 0.260. The van der Waals surface area contributed by atoms with Crippen LogP contribution in [0.5, 0.6) is 5.88 Å². The van der Waals surface area contributed by atoms with E-state index in [2.05, 4.69) is 84.6 Å². The number of aromatic nitrogens is 2. The molecule has 0 N–H and O–H groups in total. The molecular weight excluding hydrogens is 714 g/mol. The third-order valence-corrected chi connectivity index (χ3v) is 13.1. The molecule has 1 aliphatic carbocycles. The summed E-state index contributed by atoms with van der Waals surface area (Å²) in [6.45, 7) is 20.4. The van der Waals surface area contributed by atoms with E-state index in [0.717, 1.165) is 91.3 Å². The van der Waals surface area contributed by atoms with Crippen molar-refractivity contribution in [2.75, 3.05) is 62.8 Å². The van der Waals surface area contributed by atoms with Crippen LogP contribution in [-0.2, 0) is 16.2 Å². The van der Waals surface area contributed by atoms with Crippen molar-refractivity contribution >= 4 is 59.3 Å². The molecule has 288 valence electrons. The van der Waals surface area contributed by atoms with Crippen LogP contribution in [0.2, 0.25) is 30.7 Å². The van der Waals surface area contributed by atoms with E-state index in [1.165, 1.54) is 24.7 Å². The summed E-state index contributed by atoms with van der Waals surface area (Å²) in [5.74, 6) is 0.189. The van der Waals surface area contributed by atoms with Gasteiger partial charge in [0, 0.05) is 69.7 Å². The molecule has 2 aromatic carbocycles. The maximum atomic E-state index is 13.2. The second-order valence-corrected chi connectivity index (χ2v) is 23.3. The number of pyridine rings is 1. The lowest BCUT2D eigenvalue weighted by Crippen LogP contribution is -2.47. The quantitative estimate of drug-likeness (QED) is 0.0849. The number of ether oxygens (including phenoxy) is 3. The first-order valence-electron chi connectivity index (χ1n) is 19.5. The Morgan fingerprint density at radius 2 is 1.78 bits per heavy atom. The van der Waals surface area contributed by atoms with E-state index in [-0.39, 0.29) is 12.1 Å². The monoisotopic (exact) mass is 769 g/mol. The summed E-state index contributed by atoms with van der Waals surface area (Å²) < 4.78 is 19.7. The number of anilines is 3. The van der Waals surface area contributed by atoms with Crippen molar-refractivity contribution in [3.05, 3.63) is 82.5 Å². The van der Waals surface area contributed by atoms with E-state index in [1.807, 2.05) is 35.9 Å². The molecular formula is C43H56ClN5O4Si. The molecule has 1 fully saturated rings. The Bertz CT molecular complexity index is 2010. The predicted octanol–water partition coefficient (Wildman–Crippen LogP) is 9.49. The first-order chi connectivity index (χ1) is 25.8. The van der Waals surface area contributed by atoms with Crippen LogP contribution in [0.1, 0.15) is 56.0 Å². The highest BCUT2D eigenvalue weighted by Crippen LogP contribution is 2.44. The van der Waals surface area contributed by atoms with Crippen molar-refractivity contribution in [2.45, 2.75) is 78.6 Å². The molecule has 11 heteroatoms. The normalized spacial score (nSPS) is 19.2. The third kappa shape index (κ3) is 8.67. The molecule has 0 bridgehead atoms. The van der Waals surface area contributed by atoms with Crippen LogP contribution in [0.3, 0.4) is 0 Å². The number of carbonyl (C=O) groups excluding carboxylic acids is 1. The Labute approximate surface area is 326 Å².